The maximum Gasteiger partial charge on any atom is 0.230 e. The van der Waals surface area contributed by atoms with Crippen molar-refractivity contribution in [2.45, 2.75) is 13.3 Å². The molecule has 0 aliphatic heterocycles. The molecule has 2 rings (SSSR count). The molecule has 6 heteroatoms. The fourth-order valence-electron chi connectivity index (χ4n) is 1.55. The molecule has 0 atom stereocenters. The summed E-state index contributed by atoms with van der Waals surface area (Å²) >= 11 is 1.27. The van der Waals surface area contributed by atoms with Crippen LogP contribution in [0.15, 0.2) is 24.3 Å². The summed E-state index contributed by atoms with van der Waals surface area (Å²) in [7, 11) is 1.61. The van der Waals surface area contributed by atoms with E-state index in [1.54, 1.807) is 7.11 Å². The number of hydrogen-bond donors (Lipinski definition) is 2. The molecule has 2 aromatic rings. The molecule has 19 heavy (non-hydrogen) atoms. The maximum atomic E-state index is 11.8. The lowest BCUT2D eigenvalue weighted by atomic mass is 10.1. The van der Waals surface area contributed by atoms with E-state index in [0.717, 1.165) is 17.0 Å². The highest BCUT2D eigenvalue weighted by atomic mass is 32.1. The van der Waals surface area contributed by atoms with E-state index in [1.165, 1.54) is 11.3 Å². The number of nitrogens with one attached hydrogen (secondary N) is 1. The number of nitrogens with two attached hydrogens (primary N) is 1. The molecule has 100 valence electrons. The molecule has 0 fully saturated rings. The van der Waals surface area contributed by atoms with Gasteiger partial charge in [-0.25, -0.2) is 4.98 Å². The maximum absolute atomic E-state index is 11.8. The highest BCUT2D eigenvalue weighted by Crippen LogP contribution is 2.24. The summed E-state index contributed by atoms with van der Waals surface area (Å²) in [5.74, 6) is 0.659. The third-order valence-corrected chi connectivity index (χ3v) is 3.50. The molecule has 0 saturated heterocycles. The van der Waals surface area contributed by atoms with Gasteiger partial charge in [-0.15, -0.1) is 0 Å². The van der Waals surface area contributed by atoms with Crippen molar-refractivity contribution < 1.29 is 9.53 Å². The van der Waals surface area contributed by atoms with Crippen molar-refractivity contribution in [3.63, 3.8) is 0 Å². The molecule has 0 unspecified atom stereocenters. The molecule has 1 aromatic carbocycles. The van der Waals surface area contributed by atoms with Gasteiger partial charge in [-0.3, -0.25) is 4.79 Å². The second-order valence-corrected chi connectivity index (χ2v) is 5.07. The van der Waals surface area contributed by atoms with Crippen LogP contribution in [0.3, 0.4) is 0 Å². The van der Waals surface area contributed by atoms with Crippen LogP contribution in [0.25, 0.3) is 0 Å². The minimum absolute atomic E-state index is 0.112. The second-order valence-electron chi connectivity index (χ2n) is 4.04. The van der Waals surface area contributed by atoms with E-state index in [2.05, 4.69) is 10.3 Å². The Bertz CT molecular complexity index is 559. The average Bonchev–Trinajstić information content (AvgIpc) is 2.69. The van der Waals surface area contributed by atoms with E-state index in [-0.39, 0.29) is 5.91 Å². The van der Waals surface area contributed by atoms with Gasteiger partial charge in [-0.05, 0) is 24.6 Å². The van der Waals surface area contributed by atoms with E-state index in [1.807, 2.05) is 31.2 Å². The lowest BCUT2D eigenvalue weighted by molar-refractivity contribution is -0.115. The van der Waals surface area contributed by atoms with Crippen LogP contribution in [0.1, 0.15) is 11.3 Å². The fourth-order valence-corrected chi connectivity index (χ4v) is 2.30. The Morgan fingerprint density at radius 2 is 2.11 bits per heavy atom. The minimum atomic E-state index is -0.112. The van der Waals surface area contributed by atoms with Crippen molar-refractivity contribution in [2.24, 2.45) is 0 Å². The molecule has 0 spiro atoms. The van der Waals surface area contributed by atoms with Gasteiger partial charge >= 0.3 is 0 Å². The van der Waals surface area contributed by atoms with Gasteiger partial charge < -0.3 is 15.8 Å². The molecular weight excluding hydrogens is 262 g/mol. The van der Waals surface area contributed by atoms with Crippen LogP contribution in [0, 0.1) is 6.92 Å². The molecule has 0 saturated carbocycles. The first kappa shape index (κ1) is 13.4. The Kier molecular flexibility index (Phi) is 4.01. The third-order valence-electron chi connectivity index (χ3n) is 2.60. The van der Waals surface area contributed by atoms with Crippen LogP contribution in [-0.4, -0.2) is 18.0 Å². The number of nitrogen functional groups attached to an aromatic ring is 1. The Morgan fingerprint density at radius 1 is 1.42 bits per heavy atom. The average molecular weight is 277 g/mol. The normalized spacial score (nSPS) is 10.2. The van der Waals surface area contributed by atoms with Gasteiger partial charge in [0.2, 0.25) is 5.91 Å². The van der Waals surface area contributed by atoms with Gasteiger partial charge in [0.15, 0.2) is 5.13 Å². The zero-order valence-electron chi connectivity index (χ0n) is 10.8. The third kappa shape index (κ3) is 3.45. The van der Waals surface area contributed by atoms with Crippen molar-refractivity contribution in [2.75, 3.05) is 18.2 Å². The molecule has 0 bridgehead atoms. The number of aromatic nitrogens is 1. The molecule has 1 aromatic heterocycles. The number of anilines is 2. The number of carbonyl (C=O) groups excluding carboxylic acids is 1. The number of rotatable bonds is 4. The summed E-state index contributed by atoms with van der Waals surface area (Å²) in [5.41, 5.74) is 7.35. The van der Waals surface area contributed by atoms with Gasteiger partial charge in [-0.1, -0.05) is 23.5 Å². The predicted octanol–water partition coefficient (Wildman–Crippen LogP) is 2.22. The van der Waals surface area contributed by atoms with Crippen LogP contribution >= 0.6 is 11.3 Å². The van der Waals surface area contributed by atoms with Crippen LogP contribution in [0.5, 0.6) is 5.75 Å². The fraction of sp³-hybridized carbons (Fsp3) is 0.231. The molecule has 1 amide bonds. The number of aryl methyl sites for hydroxylation is 1. The Hall–Kier alpha value is -2.08. The summed E-state index contributed by atoms with van der Waals surface area (Å²) in [5, 5.41) is 3.90. The number of amides is 1. The van der Waals surface area contributed by atoms with Crippen molar-refractivity contribution in [1.29, 1.82) is 0 Å². The molecule has 1 heterocycles. The topological polar surface area (TPSA) is 77.2 Å². The number of methoxy groups -OCH3 is 1. The number of ether oxygens (including phenoxy) is 1. The van der Waals surface area contributed by atoms with Crippen LogP contribution in [0.4, 0.5) is 10.1 Å². The number of hydrogen-bond acceptors (Lipinski definition) is 5. The summed E-state index contributed by atoms with van der Waals surface area (Å²) in [6, 6.07) is 7.38. The zero-order valence-corrected chi connectivity index (χ0v) is 11.6. The van der Waals surface area contributed by atoms with Gasteiger partial charge in [-0.2, -0.15) is 0 Å². The summed E-state index contributed by atoms with van der Waals surface area (Å²) in [6.07, 6.45) is 0.294. The first-order chi connectivity index (χ1) is 9.08. The number of benzene rings is 1. The summed E-state index contributed by atoms with van der Waals surface area (Å²) in [4.78, 5) is 16.0. The first-order valence-electron chi connectivity index (χ1n) is 5.74. The van der Waals surface area contributed by atoms with Crippen LogP contribution in [0.2, 0.25) is 0 Å². The number of carbonyl (C=O) groups is 1. The van der Waals surface area contributed by atoms with Crippen molar-refractivity contribution in [3.8, 4) is 5.75 Å². The van der Waals surface area contributed by atoms with Crippen LogP contribution < -0.4 is 15.8 Å². The van der Waals surface area contributed by atoms with Crippen molar-refractivity contribution in [1.82, 2.24) is 4.98 Å². The van der Waals surface area contributed by atoms with E-state index < -0.39 is 0 Å². The number of nitrogens with zero attached hydrogens (tertiary/aromatic N) is 1. The molecule has 0 radical (unpaired) electrons. The first-order valence-corrected chi connectivity index (χ1v) is 6.56. The lowest BCUT2D eigenvalue weighted by Crippen LogP contribution is -2.14. The van der Waals surface area contributed by atoms with Crippen LogP contribution in [-0.2, 0) is 11.2 Å². The van der Waals surface area contributed by atoms with Gasteiger partial charge in [0, 0.05) is 0 Å². The van der Waals surface area contributed by atoms with E-state index in [4.69, 9.17) is 10.5 Å². The molecule has 5 nitrogen and oxygen atoms in total. The van der Waals surface area contributed by atoms with Gasteiger partial charge in [0.1, 0.15) is 10.8 Å². The molecular formula is C13H15N3O2S. The van der Waals surface area contributed by atoms with Crippen molar-refractivity contribution in [3.05, 3.63) is 35.5 Å². The highest BCUT2D eigenvalue weighted by Gasteiger charge is 2.09. The standard InChI is InChI=1S/C13H15N3O2S/c1-8-12(14)19-13(15-8)16-11(17)7-9-3-5-10(18-2)6-4-9/h3-6H,7,14H2,1-2H3,(H,15,16,17). The quantitative estimate of drug-likeness (QED) is 0.898. The lowest BCUT2D eigenvalue weighted by Gasteiger charge is -2.03. The van der Waals surface area contributed by atoms with Gasteiger partial charge in [0.05, 0.1) is 19.2 Å². The zero-order chi connectivity index (χ0) is 13.8. The minimum Gasteiger partial charge on any atom is -0.497 e. The molecule has 0 aliphatic carbocycles. The summed E-state index contributed by atoms with van der Waals surface area (Å²) < 4.78 is 5.06. The Balaban J connectivity index is 1.96. The smallest absolute Gasteiger partial charge is 0.230 e. The Labute approximate surface area is 115 Å². The summed E-state index contributed by atoms with van der Waals surface area (Å²) in [6.45, 7) is 1.81. The second kappa shape index (κ2) is 5.71. The van der Waals surface area contributed by atoms with E-state index >= 15 is 0 Å². The number of thiazole rings is 1. The Morgan fingerprint density at radius 3 is 2.63 bits per heavy atom. The van der Waals surface area contributed by atoms with E-state index in [0.29, 0.717) is 16.6 Å². The largest absolute Gasteiger partial charge is 0.497 e. The highest BCUT2D eigenvalue weighted by molar-refractivity contribution is 7.19. The molecule has 3 N–H and O–H groups in total. The van der Waals surface area contributed by atoms with E-state index in [9.17, 15) is 4.79 Å². The van der Waals surface area contributed by atoms with Crippen molar-refractivity contribution >= 4 is 27.4 Å². The molecule has 0 aliphatic rings. The predicted molar refractivity (Wildman–Crippen MR) is 76.6 cm³/mol. The SMILES string of the molecule is COc1ccc(CC(=O)Nc2nc(C)c(N)s2)cc1. The monoisotopic (exact) mass is 277 g/mol. The van der Waals surface area contributed by atoms with Gasteiger partial charge in [0.25, 0.3) is 0 Å².